The minimum Gasteiger partial charge on any atom is -0.346 e. The highest BCUT2D eigenvalue weighted by Crippen LogP contribution is 2.38. The van der Waals surface area contributed by atoms with Crippen molar-refractivity contribution in [2.75, 3.05) is 13.1 Å². The largest absolute Gasteiger partial charge is 0.346 e. The molecule has 10 heteroatoms. The number of rotatable bonds is 4. The number of pyridine rings is 1. The number of aryl methyl sites for hydroxylation is 1. The van der Waals surface area contributed by atoms with Crippen molar-refractivity contribution in [1.29, 1.82) is 0 Å². The van der Waals surface area contributed by atoms with Crippen LogP contribution in [-0.2, 0) is 9.84 Å². The summed E-state index contributed by atoms with van der Waals surface area (Å²) in [6.45, 7) is 3.40. The summed E-state index contributed by atoms with van der Waals surface area (Å²) in [6.07, 6.45) is 5.40. The molecule has 0 atom stereocenters. The second-order valence-electron chi connectivity index (χ2n) is 9.09. The van der Waals surface area contributed by atoms with Gasteiger partial charge in [0.1, 0.15) is 17.0 Å². The molecule has 2 fully saturated rings. The van der Waals surface area contributed by atoms with Crippen LogP contribution in [0.3, 0.4) is 0 Å². The SMILES string of the molecule is Cc1nc2c(S(=O)(=O)c3ccccc3)nc3[nH]ccc3c2n1C1CCC(N2CCNC2=O)CC1. The first-order valence-corrected chi connectivity index (χ1v) is 13.1. The van der Waals surface area contributed by atoms with Gasteiger partial charge in [-0.1, -0.05) is 18.2 Å². The predicted molar refractivity (Wildman–Crippen MR) is 127 cm³/mol. The molecule has 0 radical (unpaired) electrons. The number of hydrogen-bond acceptors (Lipinski definition) is 5. The molecule has 4 heterocycles. The lowest BCUT2D eigenvalue weighted by Crippen LogP contribution is -2.40. The van der Waals surface area contributed by atoms with Gasteiger partial charge in [-0.05, 0) is 50.8 Å². The molecule has 3 aromatic heterocycles. The van der Waals surface area contributed by atoms with E-state index in [0.29, 0.717) is 17.7 Å². The fourth-order valence-electron chi connectivity index (χ4n) is 5.56. The topological polar surface area (TPSA) is 113 Å². The third kappa shape index (κ3) is 3.19. The summed E-state index contributed by atoms with van der Waals surface area (Å²) in [4.78, 5) is 26.6. The standard InChI is InChI=1S/C24H26N6O3S/c1-15-27-20-21(30(15)17-9-7-16(8-10-17)29-14-13-26-24(29)31)19-11-12-25-22(19)28-23(20)34(32,33)18-5-3-2-4-6-18/h2-6,11-12,16-17H,7-10,13-14H2,1H3,(H,25,28)(H,26,31). The van der Waals surface area contributed by atoms with Crippen molar-refractivity contribution in [2.45, 2.75) is 54.6 Å². The van der Waals surface area contributed by atoms with Gasteiger partial charge in [-0.15, -0.1) is 0 Å². The summed E-state index contributed by atoms with van der Waals surface area (Å²) in [5.41, 5.74) is 1.75. The fourth-order valence-corrected chi connectivity index (χ4v) is 6.90. The van der Waals surface area contributed by atoms with Crippen LogP contribution in [-0.4, -0.2) is 58.0 Å². The highest BCUT2D eigenvalue weighted by Gasteiger charge is 2.34. The van der Waals surface area contributed by atoms with E-state index in [9.17, 15) is 13.2 Å². The average molecular weight is 479 g/mol. The zero-order valence-electron chi connectivity index (χ0n) is 18.9. The molecule has 1 aromatic carbocycles. The number of nitrogens with zero attached hydrogens (tertiary/aromatic N) is 4. The van der Waals surface area contributed by atoms with Crippen molar-refractivity contribution < 1.29 is 13.2 Å². The van der Waals surface area contributed by atoms with E-state index in [2.05, 4.69) is 19.9 Å². The summed E-state index contributed by atoms with van der Waals surface area (Å²) in [5.74, 6) is 0.775. The number of hydrogen-bond donors (Lipinski definition) is 2. The molecular weight excluding hydrogens is 452 g/mol. The number of aromatic nitrogens is 4. The van der Waals surface area contributed by atoms with E-state index in [1.54, 1.807) is 36.5 Å². The Morgan fingerprint density at radius 1 is 1.00 bits per heavy atom. The van der Waals surface area contributed by atoms with Crippen molar-refractivity contribution >= 4 is 37.9 Å². The number of H-pyrrole nitrogens is 1. The van der Waals surface area contributed by atoms with E-state index in [1.165, 1.54) is 0 Å². The smallest absolute Gasteiger partial charge is 0.317 e. The van der Waals surface area contributed by atoms with Gasteiger partial charge in [0.05, 0.1) is 10.4 Å². The first-order valence-electron chi connectivity index (χ1n) is 11.7. The summed E-state index contributed by atoms with van der Waals surface area (Å²) in [5, 5.41) is 3.74. The summed E-state index contributed by atoms with van der Waals surface area (Å²) >= 11 is 0. The maximum Gasteiger partial charge on any atom is 0.317 e. The van der Waals surface area contributed by atoms with Crippen molar-refractivity contribution in [2.24, 2.45) is 0 Å². The summed E-state index contributed by atoms with van der Waals surface area (Å²) in [6, 6.07) is 10.8. The lowest BCUT2D eigenvalue weighted by atomic mass is 9.90. The Bertz CT molecular complexity index is 1500. The molecule has 176 valence electrons. The molecule has 1 saturated heterocycles. The molecule has 2 N–H and O–H groups in total. The van der Waals surface area contributed by atoms with Gasteiger partial charge in [-0.25, -0.2) is 23.2 Å². The Kier molecular flexibility index (Phi) is 4.87. The molecule has 0 bridgehead atoms. The predicted octanol–water partition coefficient (Wildman–Crippen LogP) is 3.56. The zero-order chi connectivity index (χ0) is 23.4. The molecule has 1 aliphatic heterocycles. The van der Waals surface area contributed by atoms with Gasteiger partial charge in [0.2, 0.25) is 9.84 Å². The van der Waals surface area contributed by atoms with E-state index in [1.807, 2.05) is 17.9 Å². The molecule has 1 saturated carbocycles. The highest BCUT2D eigenvalue weighted by molar-refractivity contribution is 7.91. The number of imidazole rings is 1. The molecule has 2 aliphatic rings. The van der Waals surface area contributed by atoms with Crippen LogP contribution in [0.25, 0.3) is 22.1 Å². The minimum atomic E-state index is -3.85. The van der Waals surface area contributed by atoms with Gasteiger partial charge >= 0.3 is 6.03 Å². The second kappa shape index (κ2) is 7.83. The number of urea groups is 1. The number of aromatic amines is 1. The van der Waals surface area contributed by atoms with Crippen LogP contribution in [0.5, 0.6) is 0 Å². The average Bonchev–Trinajstić information content (AvgIpc) is 3.57. The molecule has 4 aromatic rings. The highest BCUT2D eigenvalue weighted by atomic mass is 32.2. The number of benzene rings is 1. The molecule has 0 spiro atoms. The fraction of sp³-hybridized carbons (Fsp3) is 0.375. The second-order valence-corrected chi connectivity index (χ2v) is 11.0. The van der Waals surface area contributed by atoms with Crippen LogP contribution >= 0.6 is 0 Å². The first-order chi connectivity index (χ1) is 16.4. The molecular formula is C24H26N6O3S. The van der Waals surface area contributed by atoms with Crippen molar-refractivity contribution in [1.82, 2.24) is 29.7 Å². The number of carbonyl (C=O) groups excluding carboxylic acids is 1. The van der Waals surface area contributed by atoms with Crippen LogP contribution in [0.2, 0.25) is 0 Å². The summed E-state index contributed by atoms with van der Waals surface area (Å²) in [7, 11) is -3.85. The zero-order valence-corrected chi connectivity index (χ0v) is 19.7. The Morgan fingerprint density at radius 2 is 1.74 bits per heavy atom. The molecule has 0 unspecified atom stereocenters. The Labute approximate surface area is 197 Å². The van der Waals surface area contributed by atoms with Crippen molar-refractivity contribution in [3.63, 3.8) is 0 Å². The third-order valence-corrected chi connectivity index (χ3v) is 8.84. The van der Waals surface area contributed by atoms with Crippen LogP contribution in [0, 0.1) is 6.92 Å². The Balaban J connectivity index is 1.45. The van der Waals surface area contributed by atoms with Crippen LogP contribution in [0.15, 0.2) is 52.5 Å². The number of fused-ring (bicyclic) bond motifs is 3. The number of sulfone groups is 1. The van der Waals surface area contributed by atoms with Crippen LogP contribution < -0.4 is 5.32 Å². The monoisotopic (exact) mass is 478 g/mol. The Morgan fingerprint density at radius 3 is 2.44 bits per heavy atom. The third-order valence-electron chi connectivity index (χ3n) is 7.15. The number of nitrogens with one attached hydrogen (secondary N) is 2. The quantitative estimate of drug-likeness (QED) is 0.466. The maximum atomic E-state index is 13.6. The van der Waals surface area contributed by atoms with Crippen LogP contribution in [0.1, 0.15) is 37.5 Å². The van der Waals surface area contributed by atoms with Gasteiger partial charge in [0.15, 0.2) is 5.03 Å². The first kappa shape index (κ1) is 21.2. The van der Waals surface area contributed by atoms with Crippen molar-refractivity contribution in [3.8, 4) is 0 Å². The molecule has 1 aliphatic carbocycles. The van der Waals surface area contributed by atoms with E-state index in [-0.39, 0.29) is 28.0 Å². The van der Waals surface area contributed by atoms with Gasteiger partial charge in [0, 0.05) is 36.8 Å². The normalized spacial score (nSPS) is 21.4. The van der Waals surface area contributed by atoms with Gasteiger partial charge < -0.3 is 19.8 Å². The molecule has 6 rings (SSSR count). The van der Waals surface area contributed by atoms with Gasteiger partial charge in [0.25, 0.3) is 0 Å². The number of carbonyl (C=O) groups is 1. The van der Waals surface area contributed by atoms with Crippen molar-refractivity contribution in [3.05, 3.63) is 48.4 Å². The molecule has 2 amide bonds. The van der Waals surface area contributed by atoms with E-state index in [4.69, 9.17) is 4.98 Å². The van der Waals surface area contributed by atoms with Gasteiger partial charge in [-0.3, -0.25) is 0 Å². The maximum absolute atomic E-state index is 13.6. The van der Waals surface area contributed by atoms with Crippen LogP contribution in [0.4, 0.5) is 4.79 Å². The summed E-state index contributed by atoms with van der Waals surface area (Å²) < 4.78 is 29.3. The number of amides is 2. The lowest BCUT2D eigenvalue weighted by molar-refractivity contribution is 0.166. The van der Waals surface area contributed by atoms with E-state index < -0.39 is 9.84 Å². The van der Waals surface area contributed by atoms with Gasteiger partial charge in [-0.2, -0.15) is 0 Å². The van der Waals surface area contributed by atoms with E-state index >= 15 is 0 Å². The molecule has 34 heavy (non-hydrogen) atoms. The minimum absolute atomic E-state index is 0.0204. The Hall–Kier alpha value is -3.40. The molecule has 9 nitrogen and oxygen atoms in total. The lowest BCUT2D eigenvalue weighted by Gasteiger charge is -2.35. The van der Waals surface area contributed by atoms with E-state index in [0.717, 1.165) is 49.0 Å².